The van der Waals surface area contributed by atoms with Crippen LogP contribution >= 0.6 is 0 Å². The van der Waals surface area contributed by atoms with Crippen LogP contribution in [-0.4, -0.2) is 34.0 Å². The first-order chi connectivity index (χ1) is 12.7. The molecule has 0 saturated carbocycles. The Labute approximate surface area is 154 Å². The molecule has 136 valence electrons. The van der Waals surface area contributed by atoms with Crippen LogP contribution < -0.4 is 0 Å². The lowest BCUT2D eigenvalue weighted by Gasteiger charge is -2.19. The molecule has 1 N–H and O–H groups in total. The fourth-order valence-corrected chi connectivity index (χ4v) is 4.19. The highest BCUT2D eigenvalue weighted by Gasteiger charge is 2.27. The van der Waals surface area contributed by atoms with Gasteiger partial charge in [0.05, 0.1) is 12.2 Å². The maximum Gasteiger partial charge on any atom is 0.255 e. The third-order valence-corrected chi connectivity index (χ3v) is 5.72. The van der Waals surface area contributed by atoms with Crippen LogP contribution in [0, 0.1) is 5.92 Å². The number of hydrogen-bond donors (Lipinski definition) is 1. The highest BCUT2D eigenvalue weighted by atomic mass is 16.3. The van der Waals surface area contributed by atoms with Gasteiger partial charge in [-0.05, 0) is 67.2 Å². The summed E-state index contributed by atoms with van der Waals surface area (Å²) in [6, 6.07) is 10.2. The van der Waals surface area contributed by atoms with E-state index in [2.05, 4.69) is 23.2 Å². The van der Waals surface area contributed by atoms with Crippen molar-refractivity contribution in [1.29, 1.82) is 0 Å². The lowest BCUT2D eigenvalue weighted by Crippen LogP contribution is -2.29. The van der Waals surface area contributed by atoms with Crippen LogP contribution in [0.4, 0.5) is 0 Å². The highest BCUT2D eigenvalue weighted by molar-refractivity contribution is 5.94. The number of nitrogens with zero attached hydrogens (tertiary/aromatic N) is 2. The number of aliphatic hydroxyl groups is 1. The van der Waals surface area contributed by atoms with E-state index in [1.807, 2.05) is 17.0 Å². The molecule has 1 aliphatic heterocycles. The number of hydrogen-bond acceptors (Lipinski definition) is 3. The average Bonchev–Trinajstić information content (AvgIpc) is 3.16. The maximum atomic E-state index is 12.9. The fourth-order valence-electron chi connectivity index (χ4n) is 4.19. The number of aryl methyl sites for hydroxylation is 2. The van der Waals surface area contributed by atoms with E-state index < -0.39 is 0 Å². The lowest BCUT2D eigenvalue weighted by molar-refractivity contribution is 0.0786. The van der Waals surface area contributed by atoms with Crippen LogP contribution in [0.2, 0.25) is 0 Å². The van der Waals surface area contributed by atoms with Crippen LogP contribution in [0.5, 0.6) is 0 Å². The zero-order valence-corrected chi connectivity index (χ0v) is 15.2. The van der Waals surface area contributed by atoms with Crippen molar-refractivity contribution in [1.82, 2.24) is 9.88 Å². The molecule has 1 aromatic heterocycles. The number of carbonyl (C=O) groups is 1. The molecule has 0 bridgehead atoms. The Kier molecular flexibility index (Phi) is 5.02. The van der Waals surface area contributed by atoms with E-state index >= 15 is 0 Å². The van der Waals surface area contributed by atoms with Gasteiger partial charge in [-0.3, -0.25) is 9.78 Å². The van der Waals surface area contributed by atoms with E-state index in [4.69, 9.17) is 5.11 Å². The minimum absolute atomic E-state index is 0.0841. The third-order valence-electron chi connectivity index (χ3n) is 5.72. The normalized spacial score (nSPS) is 19.4. The van der Waals surface area contributed by atoms with E-state index in [1.165, 1.54) is 29.7 Å². The van der Waals surface area contributed by atoms with E-state index in [-0.39, 0.29) is 12.5 Å². The second kappa shape index (κ2) is 7.58. The molecule has 1 fully saturated rings. The Morgan fingerprint density at radius 1 is 1.15 bits per heavy atom. The third kappa shape index (κ3) is 3.65. The topological polar surface area (TPSA) is 53.4 Å². The monoisotopic (exact) mass is 350 g/mol. The van der Waals surface area contributed by atoms with Crippen molar-refractivity contribution >= 4 is 5.91 Å². The highest BCUT2D eigenvalue weighted by Crippen LogP contribution is 2.25. The average molecular weight is 350 g/mol. The summed E-state index contributed by atoms with van der Waals surface area (Å²) in [5.41, 5.74) is 5.41. The molecule has 2 aliphatic rings. The largest absolute Gasteiger partial charge is 0.392 e. The predicted octanol–water partition coefficient (Wildman–Crippen LogP) is 3.16. The maximum absolute atomic E-state index is 12.9. The Bertz CT molecular complexity index is 785. The molecule has 2 aromatic rings. The van der Waals surface area contributed by atoms with Gasteiger partial charge < -0.3 is 10.0 Å². The summed E-state index contributed by atoms with van der Waals surface area (Å²) < 4.78 is 0. The minimum Gasteiger partial charge on any atom is -0.392 e. The smallest absolute Gasteiger partial charge is 0.255 e. The molecule has 1 aromatic carbocycles. The van der Waals surface area contributed by atoms with Gasteiger partial charge in [0.1, 0.15) is 0 Å². The predicted molar refractivity (Wildman–Crippen MR) is 101 cm³/mol. The molecule has 4 rings (SSSR count). The first kappa shape index (κ1) is 17.2. The zero-order chi connectivity index (χ0) is 17.9. The van der Waals surface area contributed by atoms with E-state index in [0.717, 1.165) is 49.9 Å². The number of fused-ring (bicyclic) bond motifs is 1. The van der Waals surface area contributed by atoms with Gasteiger partial charge in [-0.2, -0.15) is 0 Å². The summed E-state index contributed by atoms with van der Waals surface area (Å²) in [4.78, 5) is 19.4. The van der Waals surface area contributed by atoms with E-state index in [0.29, 0.717) is 5.92 Å². The number of likely N-dealkylation sites (tertiary alicyclic amines) is 1. The molecule has 1 aliphatic carbocycles. The van der Waals surface area contributed by atoms with Crippen LogP contribution in [0.15, 0.2) is 36.5 Å². The Hall–Kier alpha value is -2.20. The number of benzene rings is 1. The van der Waals surface area contributed by atoms with Gasteiger partial charge in [-0.15, -0.1) is 0 Å². The number of amides is 1. The molecule has 0 spiro atoms. The molecular formula is C22H26N2O2. The van der Waals surface area contributed by atoms with E-state index in [9.17, 15) is 4.79 Å². The minimum atomic E-state index is 0.0841. The summed E-state index contributed by atoms with van der Waals surface area (Å²) in [6.45, 7) is 1.73. The van der Waals surface area contributed by atoms with Crippen molar-refractivity contribution in [2.24, 2.45) is 5.92 Å². The van der Waals surface area contributed by atoms with Gasteiger partial charge in [-0.1, -0.05) is 24.3 Å². The molecule has 4 nitrogen and oxygen atoms in total. The fraction of sp³-hybridized carbons (Fsp3) is 0.455. The number of carbonyl (C=O) groups excluding carboxylic acids is 1. The van der Waals surface area contributed by atoms with Crippen LogP contribution in [0.25, 0.3) is 0 Å². The number of aliphatic hydroxyl groups excluding tert-OH is 1. The summed E-state index contributed by atoms with van der Waals surface area (Å²) in [7, 11) is 0. The first-order valence-electron chi connectivity index (χ1n) is 9.68. The van der Waals surface area contributed by atoms with Gasteiger partial charge in [0.25, 0.3) is 5.91 Å². The molecule has 0 unspecified atom stereocenters. The molecule has 1 amide bonds. The summed E-state index contributed by atoms with van der Waals surface area (Å²) in [6.07, 6.45) is 8.31. The molecule has 1 atom stereocenters. The number of rotatable bonds is 4. The molecule has 1 saturated heterocycles. The van der Waals surface area contributed by atoms with Crippen molar-refractivity contribution in [3.8, 4) is 0 Å². The number of aromatic nitrogens is 1. The lowest BCUT2D eigenvalue weighted by atomic mass is 9.95. The number of pyridine rings is 1. The van der Waals surface area contributed by atoms with Gasteiger partial charge >= 0.3 is 0 Å². The standard InChI is InChI=1S/C22H26N2O2/c25-15-17-7-5-16(6-8-17)11-18-9-10-24(14-18)22(26)20-12-19-3-1-2-4-21(19)23-13-20/h5-8,12-13,18,25H,1-4,9-11,14-15H2/t18-/m0/s1. The van der Waals surface area contributed by atoms with Crippen molar-refractivity contribution in [2.75, 3.05) is 13.1 Å². The second-order valence-corrected chi connectivity index (χ2v) is 7.62. The summed E-state index contributed by atoms with van der Waals surface area (Å²) in [5.74, 6) is 0.633. The summed E-state index contributed by atoms with van der Waals surface area (Å²) >= 11 is 0. The first-order valence-corrected chi connectivity index (χ1v) is 9.68. The van der Waals surface area contributed by atoms with E-state index in [1.54, 1.807) is 6.20 Å². The quantitative estimate of drug-likeness (QED) is 0.921. The Morgan fingerprint density at radius 2 is 1.92 bits per heavy atom. The van der Waals surface area contributed by atoms with Crippen LogP contribution in [-0.2, 0) is 25.9 Å². The molecular weight excluding hydrogens is 324 g/mol. The van der Waals surface area contributed by atoms with Crippen LogP contribution in [0.1, 0.15) is 52.0 Å². The Balaban J connectivity index is 1.39. The second-order valence-electron chi connectivity index (χ2n) is 7.62. The van der Waals surface area contributed by atoms with Crippen molar-refractivity contribution in [3.05, 3.63) is 64.5 Å². The van der Waals surface area contributed by atoms with Crippen LogP contribution in [0.3, 0.4) is 0 Å². The van der Waals surface area contributed by atoms with Crippen molar-refractivity contribution in [2.45, 2.75) is 45.1 Å². The molecule has 2 heterocycles. The van der Waals surface area contributed by atoms with Gasteiger partial charge in [-0.25, -0.2) is 0 Å². The molecule has 26 heavy (non-hydrogen) atoms. The van der Waals surface area contributed by atoms with Gasteiger partial charge in [0.2, 0.25) is 0 Å². The van der Waals surface area contributed by atoms with Gasteiger partial charge in [0.15, 0.2) is 0 Å². The summed E-state index contributed by atoms with van der Waals surface area (Å²) in [5, 5.41) is 9.14. The molecule has 0 radical (unpaired) electrons. The SMILES string of the molecule is O=C(c1cnc2c(c1)CCCC2)N1CC[C@@H](Cc2ccc(CO)cc2)C1. The van der Waals surface area contributed by atoms with Crippen molar-refractivity contribution < 1.29 is 9.90 Å². The zero-order valence-electron chi connectivity index (χ0n) is 15.2. The molecule has 4 heteroatoms. The van der Waals surface area contributed by atoms with Crippen molar-refractivity contribution in [3.63, 3.8) is 0 Å². The van der Waals surface area contributed by atoms with Gasteiger partial charge in [0, 0.05) is 25.0 Å². The Morgan fingerprint density at radius 3 is 2.73 bits per heavy atom.